The van der Waals surface area contributed by atoms with Crippen molar-refractivity contribution in [3.63, 3.8) is 0 Å². The van der Waals surface area contributed by atoms with Gasteiger partial charge in [-0.25, -0.2) is 14.8 Å². The van der Waals surface area contributed by atoms with E-state index in [0.717, 1.165) is 72.2 Å². The second-order valence-corrected chi connectivity index (χ2v) is 12.6. The van der Waals surface area contributed by atoms with Crippen LogP contribution >= 0.6 is 0 Å². The van der Waals surface area contributed by atoms with Crippen LogP contribution in [0.5, 0.6) is 0 Å². The van der Waals surface area contributed by atoms with Crippen molar-refractivity contribution in [1.82, 2.24) is 9.97 Å². The van der Waals surface area contributed by atoms with Crippen LogP contribution in [-0.4, -0.2) is 9.97 Å². The predicted octanol–water partition coefficient (Wildman–Crippen LogP) is 11.7. The first-order chi connectivity index (χ1) is 25.2. The first-order valence-corrected chi connectivity index (χ1v) is 16.9. The van der Waals surface area contributed by atoms with Crippen LogP contribution in [0.15, 0.2) is 191 Å². The second kappa shape index (κ2) is 12.8. The number of aromatic nitrogens is 2. The average Bonchev–Trinajstić information content (AvgIpc) is 3.21. The fourth-order valence-corrected chi connectivity index (χ4v) is 6.73. The van der Waals surface area contributed by atoms with Crippen LogP contribution in [0.2, 0.25) is 0 Å². The van der Waals surface area contributed by atoms with Crippen LogP contribution in [-0.2, 0) is 0 Å². The van der Waals surface area contributed by atoms with Crippen LogP contribution in [0.25, 0.3) is 89.0 Å². The SMILES string of the molecule is O=c1oc2cc(-c3cc(-c4ccccc4)cc(-c4ccccc4)c3)ccc2c2ccc(-c3nc(-c4ccccc4)cc(-c4ccccc4)n3)cc12. The molecule has 9 aromatic rings. The number of rotatable bonds is 6. The molecule has 0 N–H and O–H groups in total. The lowest BCUT2D eigenvalue weighted by Gasteiger charge is -2.12. The maximum atomic E-state index is 13.7. The zero-order valence-electron chi connectivity index (χ0n) is 27.5. The maximum absolute atomic E-state index is 13.7. The van der Waals surface area contributed by atoms with Gasteiger partial charge in [0.15, 0.2) is 5.82 Å². The molecule has 2 aromatic heterocycles. The fourth-order valence-electron chi connectivity index (χ4n) is 6.73. The number of fused-ring (bicyclic) bond motifs is 3. The Bertz CT molecular complexity index is 2630. The Hall–Kier alpha value is -6.91. The smallest absolute Gasteiger partial charge is 0.344 e. The summed E-state index contributed by atoms with van der Waals surface area (Å²) < 4.78 is 6.05. The molecule has 4 heteroatoms. The number of nitrogens with zero attached hydrogens (tertiary/aromatic N) is 2. The van der Waals surface area contributed by atoms with Gasteiger partial charge in [-0.1, -0.05) is 140 Å². The summed E-state index contributed by atoms with van der Waals surface area (Å²) in [6, 6.07) is 61.5. The minimum atomic E-state index is -0.401. The molecule has 0 spiro atoms. The molecular formula is C47H30N2O2. The van der Waals surface area contributed by atoms with Gasteiger partial charge in [0.2, 0.25) is 0 Å². The topological polar surface area (TPSA) is 56.0 Å². The Labute approximate surface area is 295 Å². The van der Waals surface area contributed by atoms with Crippen LogP contribution in [0.1, 0.15) is 0 Å². The van der Waals surface area contributed by atoms with Crippen molar-refractivity contribution in [2.75, 3.05) is 0 Å². The van der Waals surface area contributed by atoms with Crippen molar-refractivity contribution in [3.05, 3.63) is 192 Å². The van der Waals surface area contributed by atoms with Crippen LogP contribution in [0.4, 0.5) is 0 Å². The highest BCUT2D eigenvalue weighted by Crippen LogP contribution is 2.36. The molecule has 0 amide bonds. The van der Waals surface area contributed by atoms with Crippen molar-refractivity contribution in [2.45, 2.75) is 0 Å². The predicted molar refractivity (Wildman–Crippen MR) is 208 cm³/mol. The van der Waals surface area contributed by atoms with Gasteiger partial charge in [-0.15, -0.1) is 0 Å². The molecule has 0 bridgehead atoms. The summed E-state index contributed by atoms with van der Waals surface area (Å²) in [5, 5.41) is 2.17. The Morgan fingerprint density at radius 3 is 1.31 bits per heavy atom. The van der Waals surface area contributed by atoms with Crippen LogP contribution in [0, 0.1) is 0 Å². The van der Waals surface area contributed by atoms with E-state index in [2.05, 4.69) is 72.8 Å². The molecule has 0 aliphatic heterocycles. The van der Waals surface area contributed by atoms with Crippen LogP contribution in [0.3, 0.4) is 0 Å². The van der Waals surface area contributed by atoms with Gasteiger partial charge in [0.05, 0.1) is 16.8 Å². The van der Waals surface area contributed by atoms with Crippen molar-refractivity contribution in [1.29, 1.82) is 0 Å². The number of hydrogen-bond donors (Lipinski definition) is 0. The molecule has 0 aliphatic rings. The third-order valence-electron chi connectivity index (χ3n) is 9.32. The molecule has 7 aromatic carbocycles. The first-order valence-electron chi connectivity index (χ1n) is 16.9. The van der Waals surface area contributed by atoms with E-state index in [1.54, 1.807) is 0 Å². The van der Waals surface area contributed by atoms with Crippen molar-refractivity contribution in [3.8, 4) is 67.3 Å². The second-order valence-electron chi connectivity index (χ2n) is 12.6. The zero-order valence-corrected chi connectivity index (χ0v) is 27.5. The molecule has 51 heavy (non-hydrogen) atoms. The Morgan fingerprint density at radius 2 is 0.784 bits per heavy atom. The molecule has 0 fully saturated rings. The van der Waals surface area contributed by atoms with Gasteiger partial charge in [0, 0.05) is 22.1 Å². The number of hydrogen-bond acceptors (Lipinski definition) is 4. The molecular weight excluding hydrogens is 625 g/mol. The minimum Gasteiger partial charge on any atom is -0.422 e. The molecule has 4 nitrogen and oxygen atoms in total. The van der Waals surface area contributed by atoms with E-state index in [4.69, 9.17) is 14.4 Å². The Kier molecular flexibility index (Phi) is 7.60. The van der Waals surface area contributed by atoms with Gasteiger partial charge in [0.25, 0.3) is 0 Å². The van der Waals surface area contributed by atoms with E-state index < -0.39 is 5.63 Å². The lowest BCUT2D eigenvalue weighted by Crippen LogP contribution is -2.01. The van der Waals surface area contributed by atoms with Gasteiger partial charge < -0.3 is 4.42 Å². The highest BCUT2D eigenvalue weighted by molar-refractivity contribution is 6.06. The maximum Gasteiger partial charge on any atom is 0.344 e. The Morgan fingerprint density at radius 1 is 0.333 bits per heavy atom. The van der Waals surface area contributed by atoms with Crippen LogP contribution < -0.4 is 5.63 Å². The zero-order chi connectivity index (χ0) is 34.1. The van der Waals surface area contributed by atoms with Gasteiger partial charge in [-0.3, -0.25) is 0 Å². The van der Waals surface area contributed by atoms with E-state index in [1.165, 1.54) is 0 Å². The van der Waals surface area contributed by atoms with Gasteiger partial charge in [-0.2, -0.15) is 0 Å². The molecule has 0 atom stereocenters. The lowest BCUT2D eigenvalue weighted by molar-refractivity contribution is 0.570. The molecule has 0 saturated carbocycles. The quantitative estimate of drug-likeness (QED) is 0.132. The van der Waals surface area contributed by atoms with Crippen molar-refractivity contribution in [2.24, 2.45) is 0 Å². The fraction of sp³-hybridized carbons (Fsp3) is 0. The molecule has 9 rings (SSSR count). The summed E-state index contributed by atoms with van der Waals surface area (Å²) >= 11 is 0. The van der Waals surface area contributed by atoms with Crippen molar-refractivity contribution >= 4 is 21.7 Å². The van der Waals surface area contributed by atoms with Gasteiger partial charge >= 0.3 is 5.63 Å². The monoisotopic (exact) mass is 654 g/mol. The van der Waals surface area contributed by atoms with E-state index in [9.17, 15) is 4.79 Å². The summed E-state index contributed by atoms with van der Waals surface area (Å²) in [4.78, 5) is 23.6. The van der Waals surface area contributed by atoms with Gasteiger partial charge in [0.1, 0.15) is 5.58 Å². The van der Waals surface area contributed by atoms with Crippen molar-refractivity contribution < 1.29 is 4.42 Å². The third kappa shape index (κ3) is 5.90. The summed E-state index contributed by atoms with van der Waals surface area (Å²) in [7, 11) is 0. The largest absolute Gasteiger partial charge is 0.422 e. The highest BCUT2D eigenvalue weighted by atomic mass is 16.4. The van der Waals surface area contributed by atoms with E-state index in [-0.39, 0.29) is 0 Å². The third-order valence-corrected chi connectivity index (χ3v) is 9.32. The minimum absolute atomic E-state index is 0.401. The standard InChI is InChI=1S/C47H30N2O2/c50-47-42-28-36(46-48-43(33-17-9-3-10-18-33)30-44(49-46)34-19-11-4-12-20-34)22-23-40(42)41-24-21-35(29-45(41)51-47)39-26-37(31-13-5-1-6-14-31)25-38(27-39)32-15-7-2-8-16-32/h1-30H. The highest BCUT2D eigenvalue weighted by Gasteiger charge is 2.15. The molecule has 0 saturated heterocycles. The van der Waals surface area contributed by atoms with E-state index in [0.29, 0.717) is 16.8 Å². The van der Waals surface area contributed by atoms with E-state index in [1.807, 2.05) is 109 Å². The first kappa shape index (κ1) is 30.2. The lowest BCUT2D eigenvalue weighted by atomic mass is 9.93. The summed E-state index contributed by atoms with van der Waals surface area (Å²) in [5.41, 5.74) is 11.0. The normalized spacial score (nSPS) is 11.2. The van der Waals surface area contributed by atoms with E-state index >= 15 is 0 Å². The summed E-state index contributed by atoms with van der Waals surface area (Å²) in [6.45, 7) is 0. The molecule has 0 radical (unpaired) electrons. The average molecular weight is 655 g/mol. The summed E-state index contributed by atoms with van der Waals surface area (Å²) in [6.07, 6.45) is 0. The number of benzene rings is 7. The molecule has 240 valence electrons. The Balaban J connectivity index is 1.15. The molecule has 2 heterocycles. The summed E-state index contributed by atoms with van der Waals surface area (Å²) in [5.74, 6) is 0.541. The van der Waals surface area contributed by atoms with Gasteiger partial charge in [-0.05, 0) is 81.2 Å². The molecule has 0 aliphatic carbocycles. The molecule has 0 unspecified atom stereocenters.